The second kappa shape index (κ2) is 5.63. The van der Waals surface area contributed by atoms with Gasteiger partial charge in [0.05, 0.1) is 15.3 Å². The number of hydrogen-bond acceptors (Lipinski definition) is 1. The summed E-state index contributed by atoms with van der Waals surface area (Å²) in [6.45, 7) is 5.15. The van der Waals surface area contributed by atoms with E-state index in [-0.39, 0.29) is 5.56 Å². The lowest BCUT2D eigenvalue weighted by Gasteiger charge is -2.13. The van der Waals surface area contributed by atoms with E-state index in [1.165, 1.54) is 12.1 Å². The van der Waals surface area contributed by atoms with Crippen LogP contribution in [0.1, 0.15) is 31.9 Å². The topological polar surface area (TPSA) is 29.4 Å². The molecule has 0 amide bonds. The number of rotatable bonds is 2. The molecule has 0 unspecified atom stereocenters. The van der Waals surface area contributed by atoms with Gasteiger partial charge in [-0.15, -0.1) is 0 Å². The maximum Gasteiger partial charge on any atom is 0.417 e. The molecule has 19 heavy (non-hydrogen) atoms. The van der Waals surface area contributed by atoms with Gasteiger partial charge in [0.15, 0.2) is 0 Å². The van der Waals surface area contributed by atoms with Crippen LogP contribution in [0.3, 0.4) is 0 Å². The Hall–Kier alpha value is -0.880. The number of nitrogens with zero attached hydrogens (tertiary/aromatic N) is 1. The molecular weight excluding hydrogens is 299 g/mol. The summed E-state index contributed by atoms with van der Waals surface area (Å²) < 4.78 is 52.7. The fourth-order valence-corrected chi connectivity index (χ4v) is 1.94. The second-order valence-electron chi connectivity index (χ2n) is 4.80. The van der Waals surface area contributed by atoms with Gasteiger partial charge in [-0.2, -0.15) is 17.6 Å². The van der Waals surface area contributed by atoms with Crippen LogP contribution in [0.4, 0.5) is 13.2 Å². The second-order valence-corrected chi connectivity index (χ2v) is 7.11. The van der Waals surface area contributed by atoms with Gasteiger partial charge in [0.1, 0.15) is 11.0 Å². The highest BCUT2D eigenvalue weighted by Crippen LogP contribution is 2.35. The molecule has 1 atom stereocenters. The molecule has 0 aliphatic rings. The smallest absolute Gasteiger partial charge is 0.234 e. The Bertz CT molecular complexity index is 521. The first-order chi connectivity index (χ1) is 8.53. The molecule has 0 aliphatic carbocycles. The first-order valence-electron chi connectivity index (χ1n) is 5.35. The lowest BCUT2D eigenvalue weighted by atomic mass is 10.1. The SMILES string of the molecule is CC(C)(C)[S@](=O)N=Cc1cccc(C(F)(F)F)c1Cl. The zero-order valence-corrected chi connectivity index (χ0v) is 12.2. The van der Waals surface area contributed by atoms with E-state index in [0.29, 0.717) is 0 Å². The molecule has 0 radical (unpaired) electrons. The molecule has 0 saturated heterocycles. The molecular formula is C12H13ClF3NOS. The largest absolute Gasteiger partial charge is 0.417 e. The molecule has 0 saturated carbocycles. The molecule has 0 spiro atoms. The van der Waals surface area contributed by atoms with Gasteiger partial charge in [-0.25, -0.2) is 4.21 Å². The zero-order valence-electron chi connectivity index (χ0n) is 10.6. The van der Waals surface area contributed by atoms with Gasteiger partial charge < -0.3 is 0 Å². The molecule has 0 heterocycles. The molecule has 0 aliphatic heterocycles. The zero-order chi connectivity index (χ0) is 14.8. The third-order valence-electron chi connectivity index (χ3n) is 2.15. The van der Waals surface area contributed by atoms with Gasteiger partial charge >= 0.3 is 6.18 Å². The van der Waals surface area contributed by atoms with Crippen LogP contribution in [0.25, 0.3) is 0 Å². The maximum atomic E-state index is 12.6. The molecule has 2 nitrogen and oxygen atoms in total. The summed E-state index contributed by atoms with van der Waals surface area (Å²) in [6.07, 6.45) is -3.41. The van der Waals surface area contributed by atoms with Gasteiger partial charge in [0.2, 0.25) is 0 Å². The Kier molecular flexibility index (Phi) is 4.79. The predicted octanol–water partition coefficient (Wildman–Crippen LogP) is 4.24. The Morgan fingerprint density at radius 2 is 1.84 bits per heavy atom. The van der Waals surface area contributed by atoms with Crippen LogP contribution >= 0.6 is 11.6 Å². The molecule has 0 aromatic heterocycles. The predicted molar refractivity (Wildman–Crippen MR) is 71.9 cm³/mol. The van der Waals surface area contributed by atoms with E-state index in [1.807, 2.05) is 0 Å². The average molecular weight is 312 g/mol. The lowest BCUT2D eigenvalue weighted by molar-refractivity contribution is -0.137. The summed E-state index contributed by atoms with van der Waals surface area (Å²) in [5.41, 5.74) is -0.839. The number of alkyl halides is 3. The molecule has 1 aromatic carbocycles. The van der Waals surface area contributed by atoms with E-state index in [1.54, 1.807) is 20.8 Å². The van der Waals surface area contributed by atoms with Crippen LogP contribution in [0.15, 0.2) is 22.6 Å². The van der Waals surface area contributed by atoms with Crippen molar-refractivity contribution in [3.8, 4) is 0 Å². The van der Waals surface area contributed by atoms with Crippen LogP contribution in [0.2, 0.25) is 5.02 Å². The van der Waals surface area contributed by atoms with Crippen LogP contribution < -0.4 is 0 Å². The van der Waals surface area contributed by atoms with E-state index in [2.05, 4.69) is 4.40 Å². The summed E-state index contributed by atoms with van der Waals surface area (Å²) in [7, 11) is -1.54. The Balaban J connectivity index is 3.11. The number of halogens is 4. The van der Waals surface area contributed by atoms with Gasteiger partial charge in [-0.1, -0.05) is 23.7 Å². The van der Waals surface area contributed by atoms with E-state index < -0.39 is 32.5 Å². The lowest BCUT2D eigenvalue weighted by Crippen LogP contribution is -2.19. The van der Waals surface area contributed by atoms with Crippen molar-refractivity contribution < 1.29 is 17.4 Å². The number of benzene rings is 1. The van der Waals surface area contributed by atoms with Crippen molar-refractivity contribution in [2.45, 2.75) is 31.7 Å². The van der Waals surface area contributed by atoms with E-state index in [0.717, 1.165) is 12.3 Å². The van der Waals surface area contributed by atoms with E-state index in [4.69, 9.17) is 11.6 Å². The van der Waals surface area contributed by atoms with Crippen LogP contribution in [-0.4, -0.2) is 15.2 Å². The van der Waals surface area contributed by atoms with Crippen molar-refractivity contribution in [2.24, 2.45) is 4.40 Å². The normalized spacial score (nSPS) is 14.9. The van der Waals surface area contributed by atoms with Crippen LogP contribution in [0.5, 0.6) is 0 Å². The Labute approximate surface area is 117 Å². The highest BCUT2D eigenvalue weighted by Gasteiger charge is 2.33. The minimum Gasteiger partial charge on any atom is -0.234 e. The van der Waals surface area contributed by atoms with Crippen LogP contribution in [-0.2, 0) is 17.2 Å². The first-order valence-corrected chi connectivity index (χ1v) is 6.83. The fourth-order valence-electron chi connectivity index (χ4n) is 1.13. The quantitative estimate of drug-likeness (QED) is 0.751. The summed E-state index contributed by atoms with van der Waals surface area (Å²) in [6, 6.07) is 3.51. The van der Waals surface area contributed by atoms with Crippen molar-refractivity contribution in [1.29, 1.82) is 0 Å². The highest BCUT2D eigenvalue weighted by molar-refractivity contribution is 7.85. The summed E-state index contributed by atoms with van der Waals surface area (Å²) >= 11 is 5.68. The van der Waals surface area contributed by atoms with E-state index in [9.17, 15) is 17.4 Å². The Morgan fingerprint density at radius 1 is 1.26 bits per heavy atom. The Morgan fingerprint density at radius 3 is 2.32 bits per heavy atom. The van der Waals surface area contributed by atoms with Crippen molar-refractivity contribution in [1.82, 2.24) is 0 Å². The minimum atomic E-state index is -4.52. The van der Waals surface area contributed by atoms with Gasteiger partial charge in [0, 0.05) is 11.8 Å². The summed E-state index contributed by atoms with van der Waals surface area (Å²) in [5.74, 6) is 0. The van der Waals surface area contributed by atoms with Crippen molar-refractivity contribution in [3.05, 3.63) is 34.3 Å². The van der Waals surface area contributed by atoms with Crippen molar-refractivity contribution in [2.75, 3.05) is 0 Å². The molecule has 7 heteroatoms. The highest BCUT2D eigenvalue weighted by atomic mass is 35.5. The fraction of sp³-hybridized carbons (Fsp3) is 0.417. The van der Waals surface area contributed by atoms with Crippen LogP contribution in [0, 0.1) is 0 Å². The molecule has 1 rings (SSSR count). The summed E-state index contributed by atoms with van der Waals surface area (Å²) in [5, 5.41) is -0.440. The van der Waals surface area contributed by atoms with Gasteiger partial charge in [-0.05, 0) is 26.8 Å². The maximum absolute atomic E-state index is 12.6. The number of hydrogen-bond donors (Lipinski definition) is 0. The third-order valence-corrected chi connectivity index (χ3v) is 3.91. The molecule has 0 fully saturated rings. The monoisotopic (exact) mass is 311 g/mol. The van der Waals surface area contributed by atoms with Gasteiger partial charge in [0.25, 0.3) is 0 Å². The third kappa shape index (κ3) is 4.31. The van der Waals surface area contributed by atoms with Crippen molar-refractivity contribution in [3.63, 3.8) is 0 Å². The average Bonchev–Trinajstić information content (AvgIpc) is 2.24. The van der Waals surface area contributed by atoms with E-state index >= 15 is 0 Å². The minimum absolute atomic E-state index is 0.0918. The standard InChI is InChI=1S/C12H13ClF3NOS/c1-11(2,3)19(18)17-7-8-5-4-6-9(10(8)13)12(14,15)16/h4-7H,1-3H3/t19-/m0/s1. The molecule has 1 aromatic rings. The first kappa shape index (κ1) is 16.2. The summed E-state index contributed by atoms with van der Waals surface area (Å²) in [4.78, 5) is 0. The molecule has 106 valence electrons. The molecule has 0 bridgehead atoms. The van der Waals surface area contributed by atoms with Crippen molar-refractivity contribution >= 4 is 28.8 Å². The molecule has 0 N–H and O–H groups in total. The van der Waals surface area contributed by atoms with Gasteiger partial charge in [-0.3, -0.25) is 0 Å².